The van der Waals surface area contributed by atoms with Gasteiger partial charge in [0.1, 0.15) is 16.0 Å². The van der Waals surface area contributed by atoms with Crippen molar-refractivity contribution in [3.05, 3.63) is 22.2 Å². The van der Waals surface area contributed by atoms with Crippen molar-refractivity contribution < 1.29 is 14.3 Å². The highest BCUT2D eigenvalue weighted by atomic mass is 79.9. The van der Waals surface area contributed by atoms with E-state index in [2.05, 4.69) is 15.9 Å². The second kappa shape index (κ2) is 8.39. The Balaban J connectivity index is 2.89. The van der Waals surface area contributed by atoms with Gasteiger partial charge in [0.05, 0.1) is 19.8 Å². The highest BCUT2D eigenvalue weighted by Gasteiger charge is 2.22. The number of Topliss-reactive ketones (excluding diaryl/α,β-unsaturated/α-hetero) is 1. The molecule has 0 fully saturated rings. The number of rotatable bonds is 8. The molecule has 2 atom stereocenters. The van der Waals surface area contributed by atoms with Gasteiger partial charge in [0.2, 0.25) is 0 Å². The van der Waals surface area contributed by atoms with Gasteiger partial charge in [0.25, 0.3) is 0 Å². The van der Waals surface area contributed by atoms with Crippen LogP contribution in [0.5, 0.6) is 11.5 Å². The second-order valence-electron chi connectivity index (χ2n) is 5.34. The topological polar surface area (TPSA) is 61.5 Å². The Labute approximate surface area is 135 Å². The first-order valence-electron chi connectivity index (χ1n) is 7.12. The van der Waals surface area contributed by atoms with Crippen LogP contribution in [0.15, 0.2) is 16.6 Å². The van der Waals surface area contributed by atoms with Crippen molar-refractivity contribution in [2.75, 3.05) is 14.2 Å². The van der Waals surface area contributed by atoms with Gasteiger partial charge in [-0.25, -0.2) is 0 Å². The lowest BCUT2D eigenvalue weighted by molar-refractivity contribution is 0.0918. The zero-order valence-corrected chi connectivity index (χ0v) is 14.7. The monoisotopic (exact) mass is 357 g/mol. The molecule has 0 aromatic heterocycles. The SMILES string of the molecule is COc1ccc(C(=O)C(C)CCCC(C)N)c(OC)c1Br. The van der Waals surface area contributed by atoms with Crippen LogP contribution in [0, 0.1) is 5.92 Å². The number of ether oxygens (including phenoxy) is 2. The Morgan fingerprint density at radius 2 is 1.90 bits per heavy atom. The molecular weight excluding hydrogens is 334 g/mol. The normalized spacial score (nSPS) is 13.6. The van der Waals surface area contributed by atoms with Crippen LogP contribution in [-0.2, 0) is 0 Å². The first-order chi connectivity index (χ1) is 9.92. The van der Waals surface area contributed by atoms with Crippen LogP contribution in [0.4, 0.5) is 0 Å². The number of benzene rings is 1. The molecule has 0 aliphatic heterocycles. The number of hydrogen-bond donors (Lipinski definition) is 1. The van der Waals surface area contributed by atoms with Crippen LogP contribution in [0.25, 0.3) is 0 Å². The molecule has 0 aliphatic rings. The maximum absolute atomic E-state index is 12.6. The van der Waals surface area contributed by atoms with E-state index >= 15 is 0 Å². The first-order valence-corrected chi connectivity index (χ1v) is 7.91. The average molecular weight is 358 g/mol. The molecule has 2 N–H and O–H groups in total. The molecule has 0 saturated carbocycles. The van der Waals surface area contributed by atoms with Crippen LogP contribution >= 0.6 is 15.9 Å². The molecule has 4 nitrogen and oxygen atoms in total. The van der Waals surface area contributed by atoms with Crippen LogP contribution in [0.1, 0.15) is 43.5 Å². The average Bonchev–Trinajstić information content (AvgIpc) is 2.45. The van der Waals surface area contributed by atoms with Gasteiger partial charge in [0, 0.05) is 12.0 Å². The van der Waals surface area contributed by atoms with Gasteiger partial charge in [-0.2, -0.15) is 0 Å². The summed E-state index contributed by atoms with van der Waals surface area (Å²) in [6.45, 7) is 3.93. The lowest BCUT2D eigenvalue weighted by Crippen LogP contribution is -2.17. The molecule has 2 unspecified atom stereocenters. The summed E-state index contributed by atoms with van der Waals surface area (Å²) in [6, 6.07) is 3.71. The molecule has 5 heteroatoms. The fourth-order valence-electron chi connectivity index (χ4n) is 2.23. The number of nitrogens with two attached hydrogens (primary N) is 1. The van der Waals surface area contributed by atoms with Crippen molar-refractivity contribution in [2.45, 2.75) is 39.2 Å². The minimum Gasteiger partial charge on any atom is -0.495 e. The summed E-state index contributed by atoms with van der Waals surface area (Å²) in [5, 5.41) is 0. The third-order valence-corrected chi connectivity index (χ3v) is 4.25. The molecule has 1 rings (SSSR count). The minimum atomic E-state index is -0.0575. The Bertz CT molecular complexity index is 489. The van der Waals surface area contributed by atoms with Gasteiger partial charge < -0.3 is 15.2 Å². The Morgan fingerprint density at radius 1 is 1.24 bits per heavy atom. The fourth-order valence-corrected chi connectivity index (χ4v) is 2.90. The highest BCUT2D eigenvalue weighted by molar-refractivity contribution is 9.10. The third kappa shape index (κ3) is 4.71. The van der Waals surface area contributed by atoms with E-state index in [1.165, 1.54) is 0 Å². The van der Waals surface area contributed by atoms with Crippen LogP contribution in [0.2, 0.25) is 0 Å². The molecular formula is C16H24BrNO3. The van der Waals surface area contributed by atoms with E-state index in [1.807, 2.05) is 13.8 Å². The van der Waals surface area contributed by atoms with Crippen LogP contribution in [0.3, 0.4) is 0 Å². The van der Waals surface area contributed by atoms with E-state index in [-0.39, 0.29) is 17.7 Å². The van der Waals surface area contributed by atoms with E-state index in [4.69, 9.17) is 15.2 Å². The van der Waals surface area contributed by atoms with Gasteiger partial charge >= 0.3 is 0 Å². The molecule has 0 saturated heterocycles. The van der Waals surface area contributed by atoms with Gasteiger partial charge in [-0.05, 0) is 47.8 Å². The predicted molar refractivity (Wildman–Crippen MR) is 88.2 cm³/mol. The van der Waals surface area contributed by atoms with E-state index < -0.39 is 0 Å². The largest absolute Gasteiger partial charge is 0.495 e. The maximum atomic E-state index is 12.6. The molecule has 0 heterocycles. The van der Waals surface area contributed by atoms with Crippen LogP contribution in [-0.4, -0.2) is 26.0 Å². The van der Waals surface area contributed by atoms with Gasteiger partial charge in [-0.3, -0.25) is 4.79 Å². The van der Waals surface area contributed by atoms with Crippen molar-refractivity contribution in [2.24, 2.45) is 11.7 Å². The van der Waals surface area contributed by atoms with Crippen LogP contribution < -0.4 is 15.2 Å². The van der Waals surface area contributed by atoms with Gasteiger partial charge in [-0.15, -0.1) is 0 Å². The molecule has 1 aromatic rings. The Hall–Kier alpha value is -1.07. The fraction of sp³-hybridized carbons (Fsp3) is 0.562. The zero-order chi connectivity index (χ0) is 16.0. The second-order valence-corrected chi connectivity index (χ2v) is 6.13. The van der Waals surface area contributed by atoms with E-state index in [1.54, 1.807) is 26.4 Å². The molecule has 118 valence electrons. The van der Waals surface area contributed by atoms with E-state index in [0.717, 1.165) is 19.3 Å². The number of carbonyl (C=O) groups is 1. The lowest BCUT2D eigenvalue weighted by Gasteiger charge is -2.16. The smallest absolute Gasteiger partial charge is 0.169 e. The quantitative estimate of drug-likeness (QED) is 0.718. The molecule has 21 heavy (non-hydrogen) atoms. The lowest BCUT2D eigenvalue weighted by atomic mass is 9.93. The van der Waals surface area contributed by atoms with E-state index in [0.29, 0.717) is 21.5 Å². The molecule has 0 aliphatic carbocycles. The summed E-state index contributed by atoms with van der Waals surface area (Å²) in [4.78, 5) is 12.6. The zero-order valence-electron chi connectivity index (χ0n) is 13.1. The molecule has 0 amide bonds. The van der Waals surface area contributed by atoms with Gasteiger partial charge in [0.15, 0.2) is 5.78 Å². The van der Waals surface area contributed by atoms with E-state index in [9.17, 15) is 4.79 Å². The van der Waals surface area contributed by atoms with Crippen molar-refractivity contribution in [1.82, 2.24) is 0 Å². The molecule has 0 radical (unpaired) electrons. The number of carbonyl (C=O) groups excluding carboxylic acids is 1. The number of hydrogen-bond acceptors (Lipinski definition) is 4. The summed E-state index contributed by atoms with van der Waals surface area (Å²) in [6.07, 6.45) is 2.71. The van der Waals surface area contributed by atoms with Crippen molar-refractivity contribution in [3.8, 4) is 11.5 Å². The molecule has 0 spiro atoms. The van der Waals surface area contributed by atoms with Crippen molar-refractivity contribution in [1.29, 1.82) is 0 Å². The summed E-state index contributed by atoms with van der Waals surface area (Å²) in [5.41, 5.74) is 6.32. The Morgan fingerprint density at radius 3 is 2.43 bits per heavy atom. The summed E-state index contributed by atoms with van der Waals surface area (Å²) in [7, 11) is 3.13. The highest BCUT2D eigenvalue weighted by Crippen LogP contribution is 2.38. The first kappa shape index (κ1) is 18.0. The third-order valence-electron chi connectivity index (χ3n) is 3.50. The number of halogens is 1. The molecule has 0 bridgehead atoms. The standard InChI is InChI=1S/C16H24BrNO3/c1-10(6-5-7-11(2)18)15(19)12-8-9-13(20-3)14(17)16(12)21-4/h8-11H,5-7,18H2,1-4H3. The predicted octanol–water partition coefficient (Wildman–Crippen LogP) is 3.80. The summed E-state index contributed by atoms with van der Waals surface area (Å²) < 4.78 is 11.3. The summed E-state index contributed by atoms with van der Waals surface area (Å²) in [5.74, 6) is 1.20. The minimum absolute atomic E-state index is 0.0575. The van der Waals surface area contributed by atoms with Gasteiger partial charge in [-0.1, -0.05) is 13.3 Å². The maximum Gasteiger partial charge on any atom is 0.169 e. The Kier molecular flexibility index (Phi) is 7.18. The van der Waals surface area contributed by atoms with Crippen molar-refractivity contribution in [3.63, 3.8) is 0 Å². The number of methoxy groups -OCH3 is 2. The van der Waals surface area contributed by atoms with Crippen molar-refractivity contribution >= 4 is 21.7 Å². The summed E-state index contributed by atoms with van der Waals surface area (Å²) >= 11 is 3.42. The number of ketones is 1. The molecule has 1 aromatic carbocycles.